The minimum atomic E-state index is -0.982. The first-order valence-corrected chi connectivity index (χ1v) is 7.11. The summed E-state index contributed by atoms with van der Waals surface area (Å²) in [6, 6.07) is 5.86. The maximum Gasteiger partial charge on any atom is 0.355 e. The molecule has 23 heavy (non-hydrogen) atoms. The largest absolute Gasteiger partial charge is 0.492 e. The molecule has 1 N–H and O–H groups in total. The lowest BCUT2D eigenvalue weighted by Crippen LogP contribution is -2.36. The predicted molar refractivity (Wildman–Crippen MR) is 80.0 cm³/mol. The molecule has 2 aliphatic rings. The number of nitrogens with one attached hydrogen (secondary N) is 1. The molecular weight excluding hydrogens is 302 g/mol. The topological polar surface area (TPSA) is 97.3 Å². The molecule has 0 radical (unpaired) electrons. The zero-order valence-electron chi connectivity index (χ0n) is 12.6. The summed E-state index contributed by atoms with van der Waals surface area (Å²) < 4.78 is 10.1. The molecule has 8 heteroatoms. The van der Waals surface area contributed by atoms with Crippen LogP contribution in [-0.4, -0.2) is 43.3 Å². The number of methoxy groups -OCH3 is 1. The summed E-state index contributed by atoms with van der Waals surface area (Å²) in [5.74, 6) is -2.29. The Morgan fingerprint density at radius 3 is 2.74 bits per heavy atom. The number of anilines is 1. The smallest absolute Gasteiger partial charge is 0.355 e. The van der Waals surface area contributed by atoms with Crippen LogP contribution in [0.3, 0.4) is 0 Å². The number of esters is 1. The van der Waals surface area contributed by atoms with E-state index in [0.29, 0.717) is 18.0 Å². The molecule has 2 heterocycles. The van der Waals surface area contributed by atoms with Crippen LogP contribution in [0.25, 0.3) is 0 Å². The summed E-state index contributed by atoms with van der Waals surface area (Å²) >= 11 is 0. The van der Waals surface area contributed by atoms with Crippen molar-refractivity contribution in [2.45, 2.75) is 13.0 Å². The molecule has 3 rings (SSSR count). The Labute approximate surface area is 132 Å². The normalized spacial score (nSPS) is 22.5. The van der Waals surface area contributed by atoms with E-state index in [1.54, 1.807) is 24.3 Å². The van der Waals surface area contributed by atoms with Gasteiger partial charge < -0.3 is 9.47 Å². The third-order valence-corrected chi connectivity index (χ3v) is 3.73. The number of fused-ring (bicyclic) bond motifs is 1. The van der Waals surface area contributed by atoms with Crippen LogP contribution in [-0.2, 0) is 19.1 Å². The summed E-state index contributed by atoms with van der Waals surface area (Å²) in [4.78, 5) is 38.0. The molecule has 8 nitrogen and oxygen atoms in total. The third-order valence-electron chi connectivity index (χ3n) is 3.73. The van der Waals surface area contributed by atoms with Crippen molar-refractivity contribution < 1.29 is 23.9 Å². The Balaban J connectivity index is 1.98. The molecule has 0 saturated carbocycles. The summed E-state index contributed by atoms with van der Waals surface area (Å²) in [5, 5.41) is 3.77. The van der Waals surface area contributed by atoms with Crippen molar-refractivity contribution in [2.24, 2.45) is 11.0 Å². The fraction of sp³-hybridized carbons (Fsp3) is 0.333. The van der Waals surface area contributed by atoms with Crippen LogP contribution in [0.2, 0.25) is 0 Å². The van der Waals surface area contributed by atoms with Crippen molar-refractivity contribution in [1.82, 2.24) is 5.43 Å². The van der Waals surface area contributed by atoms with E-state index in [9.17, 15) is 14.4 Å². The van der Waals surface area contributed by atoms with Crippen LogP contribution >= 0.6 is 0 Å². The Kier molecular flexibility index (Phi) is 3.73. The van der Waals surface area contributed by atoms with Gasteiger partial charge >= 0.3 is 5.97 Å². The number of hydrogen-bond donors (Lipinski definition) is 1. The zero-order valence-corrected chi connectivity index (χ0v) is 12.6. The Morgan fingerprint density at radius 1 is 1.30 bits per heavy atom. The van der Waals surface area contributed by atoms with Gasteiger partial charge in [-0.3, -0.25) is 15.0 Å². The first-order valence-electron chi connectivity index (χ1n) is 7.11. The minimum Gasteiger partial charge on any atom is -0.492 e. The number of imide groups is 1. The molecule has 0 aliphatic carbocycles. The maximum absolute atomic E-state index is 12.7. The third kappa shape index (κ3) is 2.23. The monoisotopic (exact) mass is 317 g/mol. The molecule has 2 aliphatic heterocycles. The highest BCUT2D eigenvalue weighted by molar-refractivity contribution is 6.46. The van der Waals surface area contributed by atoms with Gasteiger partial charge in [0, 0.05) is 0 Å². The van der Waals surface area contributed by atoms with E-state index < -0.39 is 29.7 Å². The first kappa shape index (κ1) is 15.0. The van der Waals surface area contributed by atoms with Gasteiger partial charge in [-0.05, 0) is 19.1 Å². The van der Waals surface area contributed by atoms with E-state index >= 15 is 0 Å². The average molecular weight is 317 g/mol. The van der Waals surface area contributed by atoms with E-state index in [-0.39, 0.29) is 5.71 Å². The molecule has 120 valence electrons. The van der Waals surface area contributed by atoms with E-state index in [2.05, 4.69) is 15.3 Å². The summed E-state index contributed by atoms with van der Waals surface area (Å²) in [5.41, 5.74) is 2.81. The standard InChI is InChI=1S/C15H15N3O5/c1-3-23-9-7-5-4-6-8(9)18-13(19)10-11(14(18)20)16-17-12(10)15(21)22-2/h4-7,10-11,16H,3H2,1-2H3/t10-,11+/m0/s1. The number of carbonyl (C=O) groups excluding carboxylic acids is 3. The Bertz CT molecular complexity index is 715. The van der Waals surface area contributed by atoms with Crippen LogP contribution in [0.4, 0.5) is 5.69 Å². The van der Waals surface area contributed by atoms with Crippen molar-refractivity contribution in [3.8, 4) is 5.75 Å². The van der Waals surface area contributed by atoms with Crippen molar-refractivity contribution >= 4 is 29.2 Å². The second-order valence-electron chi connectivity index (χ2n) is 4.99. The van der Waals surface area contributed by atoms with Gasteiger partial charge in [-0.1, -0.05) is 12.1 Å². The zero-order chi connectivity index (χ0) is 16.6. The average Bonchev–Trinajstić information content (AvgIpc) is 3.09. The van der Waals surface area contributed by atoms with E-state index in [4.69, 9.17) is 4.74 Å². The fourth-order valence-corrected chi connectivity index (χ4v) is 2.72. The number of para-hydroxylation sites is 2. The van der Waals surface area contributed by atoms with Crippen molar-refractivity contribution in [3.63, 3.8) is 0 Å². The van der Waals surface area contributed by atoms with E-state index in [1.165, 1.54) is 7.11 Å². The van der Waals surface area contributed by atoms with Crippen LogP contribution in [0.1, 0.15) is 6.92 Å². The number of rotatable bonds is 4. The van der Waals surface area contributed by atoms with Crippen molar-refractivity contribution in [1.29, 1.82) is 0 Å². The molecule has 2 amide bonds. The molecule has 0 unspecified atom stereocenters. The van der Waals surface area contributed by atoms with Crippen LogP contribution in [0.5, 0.6) is 5.75 Å². The van der Waals surface area contributed by atoms with Gasteiger partial charge in [0.2, 0.25) is 5.91 Å². The number of ether oxygens (including phenoxy) is 2. The highest BCUT2D eigenvalue weighted by atomic mass is 16.5. The minimum absolute atomic E-state index is 0.0905. The number of nitrogens with zero attached hydrogens (tertiary/aromatic N) is 2. The number of carbonyl (C=O) groups is 3. The van der Waals surface area contributed by atoms with Crippen LogP contribution < -0.4 is 15.1 Å². The molecule has 1 fully saturated rings. The van der Waals surface area contributed by atoms with Gasteiger partial charge in [0.25, 0.3) is 5.91 Å². The predicted octanol–water partition coefficient (Wildman–Crippen LogP) is 0.0755. The molecule has 0 spiro atoms. The number of hydrogen-bond acceptors (Lipinski definition) is 7. The summed E-state index contributed by atoms with van der Waals surface area (Å²) in [7, 11) is 1.20. The van der Waals surface area contributed by atoms with Crippen molar-refractivity contribution in [3.05, 3.63) is 24.3 Å². The van der Waals surface area contributed by atoms with Gasteiger partial charge in [0.15, 0.2) is 5.71 Å². The van der Waals surface area contributed by atoms with E-state index in [0.717, 1.165) is 4.90 Å². The summed E-state index contributed by atoms with van der Waals surface area (Å²) in [6.45, 7) is 2.20. The molecule has 0 bridgehead atoms. The van der Waals surface area contributed by atoms with Crippen LogP contribution in [0, 0.1) is 5.92 Å². The van der Waals surface area contributed by atoms with Gasteiger partial charge in [-0.2, -0.15) is 5.10 Å². The van der Waals surface area contributed by atoms with Crippen LogP contribution in [0.15, 0.2) is 29.4 Å². The lowest BCUT2D eigenvalue weighted by Gasteiger charge is -2.19. The van der Waals surface area contributed by atoms with Gasteiger partial charge in [0.05, 0.1) is 19.4 Å². The number of hydrazone groups is 1. The Morgan fingerprint density at radius 2 is 2.04 bits per heavy atom. The Hall–Kier alpha value is -2.90. The quantitative estimate of drug-likeness (QED) is 0.624. The highest BCUT2D eigenvalue weighted by Crippen LogP contribution is 2.35. The van der Waals surface area contributed by atoms with Gasteiger partial charge in [-0.15, -0.1) is 0 Å². The molecule has 1 saturated heterocycles. The molecule has 0 aromatic heterocycles. The molecule has 1 aromatic rings. The number of benzene rings is 1. The fourth-order valence-electron chi connectivity index (χ4n) is 2.72. The molecular formula is C15H15N3O5. The molecule has 2 atom stereocenters. The second-order valence-corrected chi connectivity index (χ2v) is 4.99. The first-order chi connectivity index (χ1) is 11.1. The van der Waals surface area contributed by atoms with Gasteiger partial charge in [0.1, 0.15) is 17.7 Å². The highest BCUT2D eigenvalue weighted by Gasteiger charge is 2.56. The SMILES string of the molecule is CCOc1ccccc1N1C(=O)[C@@H]2C(C(=O)OC)=NN[C@H]2C1=O. The molecule has 1 aromatic carbocycles. The number of amides is 2. The van der Waals surface area contributed by atoms with Crippen molar-refractivity contribution in [2.75, 3.05) is 18.6 Å². The second kappa shape index (κ2) is 5.71. The van der Waals surface area contributed by atoms with Gasteiger partial charge in [-0.25, -0.2) is 9.69 Å². The lowest BCUT2D eigenvalue weighted by molar-refractivity contribution is -0.133. The van der Waals surface area contributed by atoms with E-state index in [1.807, 2.05) is 6.92 Å². The lowest BCUT2D eigenvalue weighted by atomic mass is 9.99. The maximum atomic E-state index is 12.7. The summed E-state index contributed by atoms with van der Waals surface area (Å²) in [6.07, 6.45) is 0.